The molecule has 2 aromatic carbocycles. The normalized spacial score (nSPS) is 15.2. The van der Waals surface area contributed by atoms with Gasteiger partial charge in [-0.25, -0.2) is 0 Å². The van der Waals surface area contributed by atoms with E-state index in [9.17, 15) is 9.59 Å². The number of hydrogen-bond acceptors (Lipinski definition) is 4. The summed E-state index contributed by atoms with van der Waals surface area (Å²) in [6.45, 7) is 7.91. The molecule has 0 bridgehead atoms. The zero-order chi connectivity index (χ0) is 24.7. The summed E-state index contributed by atoms with van der Waals surface area (Å²) < 4.78 is 2.12. The highest BCUT2D eigenvalue weighted by Gasteiger charge is 2.35. The van der Waals surface area contributed by atoms with E-state index in [4.69, 9.17) is 12.2 Å². The molecular formula is C27H28N4O2S. The van der Waals surface area contributed by atoms with E-state index < -0.39 is 11.8 Å². The maximum absolute atomic E-state index is 13.5. The highest BCUT2D eigenvalue weighted by atomic mass is 32.1. The van der Waals surface area contributed by atoms with Crippen LogP contribution in [0.4, 0.5) is 11.4 Å². The molecule has 6 nitrogen and oxygen atoms in total. The first kappa shape index (κ1) is 23.4. The average molecular weight is 473 g/mol. The quantitative estimate of drug-likeness (QED) is 0.342. The molecule has 174 valence electrons. The zero-order valence-electron chi connectivity index (χ0n) is 20.3. The minimum absolute atomic E-state index is 0.0534. The third kappa shape index (κ3) is 4.03. The van der Waals surface area contributed by atoms with Crippen LogP contribution in [0.2, 0.25) is 0 Å². The molecule has 1 N–H and O–H groups in total. The second-order valence-electron chi connectivity index (χ2n) is 8.75. The zero-order valence-corrected chi connectivity index (χ0v) is 21.1. The predicted octanol–water partition coefficient (Wildman–Crippen LogP) is 4.61. The van der Waals surface area contributed by atoms with Crippen LogP contribution in [0.5, 0.6) is 0 Å². The maximum atomic E-state index is 13.5. The fourth-order valence-electron chi connectivity index (χ4n) is 4.24. The van der Waals surface area contributed by atoms with E-state index in [0.717, 1.165) is 39.5 Å². The number of carbonyl (C=O) groups is 2. The fourth-order valence-corrected chi connectivity index (χ4v) is 4.51. The summed E-state index contributed by atoms with van der Waals surface area (Å²) in [6.07, 6.45) is 1.66. The molecule has 7 heteroatoms. The molecule has 0 saturated carbocycles. The summed E-state index contributed by atoms with van der Waals surface area (Å²) in [5.41, 5.74) is 7.59. The number of nitrogens with zero attached hydrogens (tertiary/aromatic N) is 3. The van der Waals surface area contributed by atoms with Gasteiger partial charge in [0.05, 0.1) is 5.69 Å². The number of thiocarbonyl (C=S) groups is 1. The molecule has 1 fully saturated rings. The molecule has 3 aromatic rings. The molecule has 0 atom stereocenters. The van der Waals surface area contributed by atoms with Gasteiger partial charge in [0.2, 0.25) is 0 Å². The van der Waals surface area contributed by atoms with Crippen LogP contribution in [0, 0.1) is 27.7 Å². The molecule has 2 amide bonds. The van der Waals surface area contributed by atoms with Gasteiger partial charge in [-0.15, -0.1) is 0 Å². The van der Waals surface area contributed by atoms with E-state index in [1.807, 2.05) is 66.1 Å². The summed E-state index contributed by atoms with van der Waals surface area (Å²) in [5.74, 6) is -0.917. The third-order valence-electron chi connectivity index (χ3n) is 6.31. The first-order chi connectivity index (χ1) is 16.1. The molecule has 0 spiro atoms. The van der Waals surface area contributed by atoms with E-state index in [2.05, 4.69) is 39.0 Å². The van der Waals surface area contributed by atoms with Crippen molar-refractivity contribution < 1.29 is 9.59 Å². The van der Waals surface area contributed by atoms with Crippen LogP contribution in [-0.4, -0.2) is 35.6 Å². The van der Waals surface area contributed by atoms with Crippen molar-refractivity contribution >= 4 is 46.6 Å². The number of carbonyl (C=O) groups excluding carboxylic acids is 2. The lowest BCUT2D eigenvalue weighted by Crippen LogP contribution is -2.54. The summed E-state index contributed by atoms with van der Waals surface area (Å²) in [6, 6.07) is 15.9. The highest BCUT2D eigenvalue weighted by Crippen LogP contribution is 2.29. The first-order valence-electron chi connectivity index (χ1n) is 11.0. The van der Waals surface area contributed by atoms with Gasteiger partial charge in [-0.3, -0.25) is 19.8 Å². The lowest BCUT2D eigenvalue weighted by Gasteiger charge is -2.30. The van der Waals surface area contributed by atoms with E-state index >= 15 is 0 Å². The number of aromatic nitrogens is 1. The molecule has 0 radical (unpaired) electrons. The Morgan fingerprint density at radius 2 is 1.65 bits per heavy atom. The van der Waals surface area contributed by atoms with Crippen molar-refractivity contribution in [2.45, 2.75) is 27.7 Å². The summed E-state index contributed by atoms with van der Waals surface area (Å²) in [5, 5.41) is 2.77. The molecule has 34 heavy (non-hydrogen) atoms. The van der Waals surface area contributed by atoms with Crippen molar-refractivity contribution in [1.29, 1.82) is 0 Å². The van der Waals surface area contributed by atoms with Gasteiger partial charge in [0.25, 0.3) is 11.8 Å². The van der Waals surface area contributed by atoms with Gasteiger partial charge in [-0.2, -0.15) is 0 Å². The van der Waals surface area contributed by atoms with Gasteiger partial charge < -0.3 is 9.47 Å². The van der Waals surface area contributed by atoms with Crippen LogP contribution >= 0.6 is 12.2 Å². The van der Waals surface area contributed by atoms with E-state index in [1.54, 1.807) is 6.08 Å². The van der Waals surface area contributed by atoms with Crippen LogP contribution in [-0.2, 0) is 9.59 Å². The number of nitrogens with one attached hydrogen (secondary N) is 1. The number of aryl methyl sites for hydroxylation is 2. The molecule has 0 unspecified atom stereocenters. The summed E-state index contributed by atoms with van der Waals surface area (Å²) in [4.78, 5) is 29.7. The van der Waals surface area contributed by atoms with Crippen molar-refractivity contribution in [3.8, 4) is 5.69 Å². The minimum atomic E-state index is -0.489. The molecule has 1 aliphatic heterocycles. The van der Waals surface area contributed by atoms with Crippen LogP contribution in [0.15, 0.2) is 54.1 Å². The van der Waals surface area contributed by atoms with Crippen LogP contribution < -0.4 is 15.1 Å². The second-order valence-corrected chi connectivity index (χ2v) is 9.14. The van der Waals surface area contributed by atoms with Crippen LogP contribution in [0.25, 0.3) is 11.8 Å². The molecule has 4 rings (SSSR count). The van der Waals surface area contributed by atoms with Crippen molar-refractivity contribution in [1.82, 2.24) is 9.88 Å². The Hall–Kier alpha value is -3.71. The molecule has 0 aliphatic carbocycles. The van der Waals surface area contributed by atoms with Gasteiger partial charge >= 0.3 is 0 Å². The number of anilines is 2. The lowest BCUT2D eigenvalue weighted by molar-refractivity contribution is -0.122. The van der Waals surface area contributed by atoms with Crippen LogP contribution in [0.1, 0.15) is 28.1 Å². The van der Waals surface area contributed by atoms with E-state index in [0.29, 0.717) is 5.69 Å². The van der Waals surface area contributed by atoms with Gasteiger partial charge in [0.1, 0.15) is 5.57 Å². The minimum Gasteiger partial charge on any atom is -0.378 e. The maximum Gasteiger partial charge on any atom is 0.270 e. The summed E-state index contributed by atoms with van der Waals surface area (Å²) >= 11 is 5.37. The standard InChI is InChI=1S/C27H28N4O2S/c1-16-8-7-9-24(18(16)3)31-26(33)23(25(32)28-27(31)34)15-20-14-17(2)30(19(20)4)22-12-10-21(11-13-22)29(5)6/h7-15H,1-6H3,(H,28,32,34)/b23-15+. The monoisotopic (exact) mass is 472 g/mol. The highest BCUT2D eigenvalue weighted by molar-refractivity contribution is 7.80. The van der Waals surface area contributed by atoms with Gasteiger partial charge in [-0.1, -0.05) is 12.1 Å². The largest absolute Gasteiger partial charge is 0.378 e. The fraction of sp³-hybridized carbons (Fsp3) is 0.222. The summed E-state index contributed by atoms with van der Waals surface area (Å²) in [7, 11) is 4.01. The molecular weight excluding hydrogens is 444 g/mol. The van der Waals surface area contributed by atoms with Crippen molar-refractivity contribution in [2.75, 3.05) is 23.9 Å². The van der Waals surface area contributed by atoms with Crippen molar-refractivity contribution in [2.24, 2.45) is 0 Å². The second kappa shape index (κ2) is 8.91. The van der Waals surface area contributed by atoms with Crippen molar-refractivity contribution in [3.05, 3.63) is 82.2 Å². The number of hydrogen-bond donors (Lipinski definition) is 1. The smallest absolute Gasteiger partial charge is 0.270 e. The van der Waals surface area contributed by atoms with Crippen LogP contribution in [0.3, 0.4) is 0 Å². The topological polar surface area (TPSA) is 57.6 Å². The van der Waals surface area contributed by atoms with Gasteiger partial charge in [0.15, 0.2) is 5.11 Å². The number of rotatable bonds is 4. The molecule has 1 saturated heterocycles. The SMILES string of the molecule is Cc1cccc(N2C(=O)/C(=C/c3cc(C)n(-c4ccc(N(C)C)cc4)c3C)C(=O)NC2=S)c1C. The van der Waals surface area contributed by atoms with Gasteiger partial charge in [0, 0.05) is 36.9 Å². The Labute approximate surface area is 205 Å². The van der Waals surface area contributed by atoms with E-state index in [1.165, 1.54) is 4.90 Å². The van der Waals surface area contributed by atoms with Crippen molar-refractivity contribution in [3.63, 3.8) is 0 Å². The predicted molar refractivity (Wildman–Crippen MR) is 142 cm³/mol. The first-order valence-corrected chi connectivity index (χ1v) is 11.5. The Bertz CT molecular complexity index is 1350. The average Bonchev–Trinajstić information content (AvgIpc) is 3.06. The third-order valence-corrected chi connectivity index (χ3v) is 6.60. The molecule has 2 heterocycles. The number of benzene rings is 2. The van der Waals surface area contributed by atoms with Gasteiger partial charge in [-0.05, 0) is 99.1 Å². The molecule has 1 aromatic heterocycles. The van der Waals surface area contributed by atoms with E-state index in [-0.39, 0.29) is 10.7 Å². The Kier molecular flexibility index (Phi) is 6.15. The molecule has 1 aliphatic rings. The number of amides is 2. The Morgan fingerprint density at radius 1 is 0.971 bits per heavy atom. The lowest BCUT2D eigenvalue weighted by atomic mass is 10.0. The Balaban J connectivity index is 1.75. The Morgan fingerprint density at radius 3 is 2.29 bits per heavy atom.